The molecule has 1 aliphatic heterocycles. The summed E-state index contributed by atoms with van der Waals surface area (Å²) < 4.78 is 12.6. The van der Waals surface area contributed by atoms with Crippen LogP contribution in [0.5, 0.6) is 11.5 Å². The van der Waals surface area contributed by atoms with Gasteiger partial charge < -0.3 is 9.47 Å². The molecule has 8 heteroatoms. The van der Waals surface area contributed by atoms with Crippen molar-refractivity contribution < 1.29 is 14.3 Å². The summed E-state index contributed by atoms with van der Waals surface area (Å²) >= 11 is 1.39. The third-order valence-electron chi connectivity index (χ3n) is 4.98. The Balaban J connectivity index is 1.38. The monoisotopic (exact) mass is 410 g/mol. The first-order valence-electron chi connectivity index (χ1n) is 9.66. The Morgan fingerprint density at radius 3 is 2.76 bits per heavy atom. The summed E-state index contributed by atoms with van der Waals surface area (Å²) in [6, 6.07) is 7.63. The molecule has 1 aliphatic carbocycles. The topological polar surface area (TPSA) is 78.3 Å². The molecular formula is C21H22N4O3S. The second-order valence-corrected chi connectivity index (χ2v) is 9.23. The number of amides is 1. The summed E-state index contributed by atoms with van der Waals surface area (Å²) in [6.07, 6.45) is 2.29. The second kappa shape index (κ2) is 6.59. The first-order valence-corrected chi connectivity index (χ1v) is 10.5. The van der Waals surface area contributed by atoms with Crippen LogP contribution in [0.3, 0.4) is 0 Å². The SMILES string of the molecule is CC(C)(C)n1nc(C2CC2)cc1C(=O)Nc1nc(-c2ccc3c(c2)OCO3)cs1. The molecule has 0 unspecified atom stereocenters. The molecule has 1 aromatic carbocycles. The van der Waals surface area contributed by atoms with Gasteiger partial charge in [0.2, 0.25) is 6.79 Å². The molecule has 1 fully saturated rings. The van der Waals surface area contributed by atoms with Gasteiger partial charge in [0.25, 0.3) is 5.91 Å². The smallest absolute Gasteiger partial charge is 0.275 e. The number of fused-ring (bicyclic) bond motifs is 1. The Bertz CT molecular complexity index is 1090. The maximum absolute atomic E-state index is 13.0. The van der Waals surface area contributed by atoms with E-state index in [0.717, 1.165) is 35.5 Å². The number of ether oxygens (including phenoxy) is 2. The summed E-state index contributed by atoms with van der Waals surface area (Å²) in [5.74, 6) is 1.75. The van der Waals surface area contributed by atoms with Crippen LogP contribution < -0.4 is 14.8 Å². The molecule has 0 spiro atoms. The van der Waals surface area contributed by atoms with Crippen LogP contribution in [0.25, 0.3) is 11.3 Å². The molecular weight excluding hydrogens is 388 g/mol. The van der Waals surface area contributed by atoms with Crippen molar-refractivity contribution in [2.45, 2.75) is 45.1 Å². The zero-order valence-corrected chi connectivity index (χ0v) is 17.4. The first kappa shape index (κ1) is 18.2. The molecule has 3 aromatic rings. The van der Waals surface area contributed by atoms with Crippen molar-refractivity contribution in [2.75, 3.05) is 12.1 Å². The fraction of sp³-hybridized carbons (Fsp3) is 0.381. The molecule has 7 nitrogen and oxygen atoms in total. The van der Waals surface area contributed by atoms with Gasteiger partial charge in [-0.3, -0.25) is 14.8 Å². The van der Waals surface area contributed by atoms with Gasteiger partial charge in [-0.1, -0.05) is 0 Å². The number of anilines is 1. The summed E-state index contributed by atoms with van der Waals surface area (Å²) in [4.78, 5) is 17.6. The minimum absolute atomic E-state index is 0.189. The lowest BCUT2D eigenvalue weighted by Gasteiger charge is -2.21. The molecule has 0 saturated heterocycles. The number of hydrogen-bond acceptors (Lipinski definition) is 6. The summed E-state index contributed by atoms with van der Waals surface area (Å²) in [6.45, 7) is 6.39. The van der Waals surface area contributed by atoms with E-state index in [1.54, 1.807) is 0 Å². The Hall–Kier alpha value is -2.87. The number of nitrogens with one attached hydrogen (secondary N) is 1. The minimum Gasteiger partial charge on any atom is -0.454 e. The Labute approximate surface area is 172 Å². The predicted molar refractivity (Wildman–Crippen MR) is 111 cm³/mol. The van der Waals surface area contributed by atoms with Gasteiger partial charge in [0.15, 0.2) is 16.6 Å². The van der Waals surface area contributed by atoms with E-state index in [-0.39, 0.29) is 18.2 Å². The number of benzene rings is 1. The highest BCUT2D eigenvalue weighted by atomic mass is 32.1. The van der Waals surface area contributed by atoms with Gasteiger partial charge in [-0.2, -0.15) is 5.10 Å². The van der Waals surface area contributed by atoms with Gasteiger partial charge in [0.1, 0.15) is 5.69 Å². The number of carbonyl (C=O) groups excluding carboxylic acids is 1. The quantitative estimate of drug-likeness (QED) is 0.679. The van der Waals surface area contributed by atoms with Crippen LogP contribution in [0.2, 0.25) is 0 Å². The maximum Gasteiger partial charge on any atom is 0.275 e. The molecule has 3 heterocycles. The lowest BCUT2D eigenvalue weighted by Crippen LogP contribution is -2.29. The van der Waals surface area contributed by atoms with E-state index in [9.17, 15) is 4.79 Å². The average Bonchev–Trinajstić information content (AvgIpc) is 3.10. The molecule has 1 N–H and O–H groups in total. The Morgan fingerprint density at radius 1 is 1.21 bits per heavy atom. The highest BCUT2D eigenvalue weighted by Crippen LogP contribution is 2.40. The zero-order valence-electron chi connectivity index (χ0n) is 16.6. The summed E-state index contributed by atoms with van der Waals surface area (Å²) in [7, 11) is 0. The van der Waals surface area contributed by atoms with Crippen LogP contribution >= 0.6 is 11.3 Å². The number of nitrogens with zero attached hydrogens (tertiary/aromatic N) is 3. The summed E-state index contributed by atoms with van der Waals surface area (Å²) in [5, 5.41) is 10.1. The lowest BCUT2D eigenvalue weighted by molar-refractivity contribution is 0.100. The molecule has 150 valence electrons. The van der Waals surface area contributed by atoms with Crippen molar-refractivity contribution in [3.8, 4) is 22.8 Å². The van der Waals surface area contributed by atoms with Gasteiger partial charge in [-0.05, 0) is 57.9 Å². The highest BCUT2D eigenvalue weighted by Gasteiger charge is 2.31. The van der Waals surface area contributed by atoms with Crippen LogP contribution in [-0.2, 0) is 5.54 Å². The van der Waals surface area contributed by atoms with Crippen LogP contribution in [0.4, 0.5) is 5.13 Å². The largest absolute Gasteiger partial charge is 0.454 e. The first-order chi connectivity index (χ1) is 13.9. The van der Waals surface area contributed by atoms with Crippen LogP contribution in [0.1, 0.15) is 55.7 Å². The predicted octanol–water partition coefficient (Wildman–Crippen LogP) is 4.62. The van der Waals surface area contributed by atoms with Gasteiger partial charge >= 0.3 is 0 Å². The van der Waals surface area contributed by atoms with Gasteiger partial charge in [0.05, 0.1) is 16.9 Å². The molecule has 0 radical (unpaired) electrons. The molecule has 2 aliphatic rings. The summed E-state index contributed by atoms with van der Waals surface area (Å²) in [5.41, 5.74) is 3.00. The molecule has 29 heavy (non-hydrogen) atoms. The van der Waals surface area contributed by atoms with E-state index in [2.05, 4.69) is 31.1 Å². The third-order valence-corrected chi connectivity index (χ3v) is 5.74. The van der Waals surface area contributed by atoms with Crippen molar-refractivity contribution in [1.29, 1.82) is 0 Å². The zero-order chi connectivity index (χ0) is 20.2. The number of thiazole rings is 1. The van der Waals surface area contributed by atoms with Crippen LogP contribution in [0, 0.1) is 0 Å². The van der Waals surface area contributed by atoms with E-state index in [0.29, 0.717) is 22.5 Å². The van der Waals surface area contributed by atoms with Crippen molar-refractivity contribution in [3.63, 3.8) is 0 Å². The van der Waals surface area contributed by atoms with Crippen molar-refractivity contribution in [2.24, 2.45) is 0 Å². The van der Waals surface area contributed by atoms with Crippen molar-refractivity contribution in [1.82, 2.24) is 14.8 Å². The number of rotatable bonds is 4. The lowest BCUT2D eigenvalue weighted by atomic mass is 10.1. The number of carbonyl (C=O) groups is 1. The maximum atomic E-state index is 13.0. The van der Waals surface area contributed by atoms with Gasteiger partial charge in [-0.25, -0.2) is 4.98 Å². The Morgan fingerprint density at radius 2 is 2.00 bits per heavy atom. The molecule has 1 amide bonds. The molecule has 2 aromatic heterocycles. The molecule has 0 atom stereocenters. The highest BCUT2D eigenvalue weighted by molar-refractivity contribution is 7.14. The second-order valence-electron chi connectivity index (χ2n) is 8.37. The van der Waals surface area contributed by atoms with E-state index >= 15 is 0 Å². The number of hydrogen-bond donors (Lipinski definition) is 1. The third kappa shape index (κ3) is 3.48. The van der Waals surface area contributed by atoms with E-state index in [1.165, 1.54) is 11.3 Å². The standard InChI is InChI=1S/C21H22N4O3S/c1-21(2,3)25-16(9-14(24-25)12-4-5-12)19(26)23-20-22-15(10-29-20)13-6-7-17-18(8-13)28-11-27-17/h6-10,12H,4-5,11H2,1-3H3,(H,22,23,26). The van der Waals surface area contributed by atoms with Crippen LogP contribution in [-0.4, -0.2) is 27.5 Å². The normalized spacial score (nSPS) is 15.6. The van der Waals surface area contributed by atoms with E-state index in [1.807, 2.05) is 34.3 Å². The average molecular weight is 410 g/mol. The van der Waals surface area contributed by atoms with Crippen LogP contribution in [0.15, 0.2) is 29.6 Å². The number of aromatic nitrogens is 3. The van der Waals surface area contributed by atoms with Gasteiger partial charge in [-0.15, -0.1) is 11.3 Å². The Kier molecular flexibility index (Phi) is 4.13. The molecule has 1 saturated carbocycles. The molecule has 5 rings (SSSR count). The minimum atomic E-state index is -0.277. The molecule has 0 bridgehead atoms. The van der Waals surface area contributed by atoms with Crippen molar-refractivity contribution in [3.05, 3.63) is 41.0 Å². The fourth-order valence-corrected chi connectivity index (χ4v) is 4.05. The fourth-order valence-electron chi connectivity index (χ4n) is 3.33. The van der Waals surface area contributed by atoms with E-state index < -0.39 is 0 Å². The van der Waals surface area contributed by atoms with E-state index in [4.69, 9.17) is 14.6 Å². The van der Waals surface area contributed by atoms with Gasteiger partial charge in [0, 0.05) is 16.9 Å². The van der Waals surface area contributed by atoms with Crippen molar-refractivity contribution >= 4 is 22.4 Å².